The van der Waals surface area contributed by atoms with Crippen LogP contribution in [0.1, 0.15) is 31.2 Å². The van der Waals surface area contributed by atoms with Crippen molar-refractivity contribution < 1.29 is 9.90 Å². The zero-order valence-corrected chi connectivity index (χ0v) is 12.1. The van der Waals surface area contributed by atoms with Gasteiger partial charge < -0.3 is 10.4 Å². The summed E-state index contributed by atoms with van der Waals surface area (Å²) in [6.07, 6.45) is 3.83. The maximum atomic E-state index is 12.0. The maximum absolute atomic E-state index is 12.0. The van der Waals surface area contributed by atoms with E-state index in [1.54, 1.807) is 12.1 Å². The normalized spacial score (nSPS) is 16.6. The van der Waals surface area contributed by atoms with Crippen LogP contribution in [0.3, 0.4) is 0 Å². The van der Waals surface area contributed by atoms with Gasteiger partial charge >= 0.3 is 0 Å². The van der Waals surface area contributed by atoms with Gasteiger partial charge in [-0.15, -0.1) is 11.8 Å². The van der Waals surface area contributed by atoms with Gasteiger partial charge in [-0.3, -0.25) is 4.79 Å². The van der Waals surface area contributed by atoms with Crippen LogP contribution in [0.5, 0.6) is 0 Å². The molecule has 106 valence electrons. The number of carbonyl (C=O) groups is 1. The molecule has 0 saturated heterocycles. The number of benzene rings is 1. The Morgan fingerprint density at radius 2 is 2.00 bits per heavy atom. The molecule has 1 aliphatic carbocycles. The first kappa shape index (κ1) is 14.9. The molecule has 0 heterocycles. The Kier molecular flexibility index (Phi) is 5.05. The smallest absolute Gasteiger partial charge is 0.230 e. The van der Waals surface area contributed by atoms with E-state index in [1.807, 2.05) is 12.1 Å². The highest BCUT2D eigenvalue weighted by atomic mass is 32.2. The number of hydrogen-bond acceptors (Lipinski definition) is 4. The number of aliphatic hydroxyl groups excluding tert-OH is 1. The van der Waals surface area contributed by atoms with Crippen LogP contribution in [0, 0.1) is 11.3 Å². The zero-order valence-electron chi connectivity index (χ0n) is 11.3. The molecule has 1 fully saturated rings. The molecule has 1 saturated carbocycles. The van der Waals surface area contributed by atoms with Crippen LogP contribution in [0.15, 0.2) is 29.2 Å². The van der Waals surface area contributed by atoms with Crippen LogP contribution in [0.25, 0.3) is 0 Å². The SMILES string of the molecule is N#Cc1ccc(SCC(=O)NC2(CO)CCCC2)cc1. The van der Waals surface area contributed by atoms with Crippen molar-refractivity contribution in [2.45, 2.75) is 36.1 Å². The number of amides is 1. The molecule has 0 aromatic heterocycles. The molecule has 0 unspecified atom stereocenters. The fourth-order valence-electron chi connectivity index (χ4n) is 2.48. The molecule has 1 aromatic carbocycles. The topological polar surface area (TPSA) is 73.1 Å². The summed E-state index contributed by atoms with van der Waals surface area (Å²) in [6, 6.07) is 9.23. The van der Waals surface area contributed by atoms with E-state index >= 15 is 0 Å². The van der Waals surface area contributed by atoms with Gasteiger partial charge in [0.05, 0.1) is 29.5 Å². The molecule has 1 aliphatic rings. The third kappa shape index (κ3) is 3.75. The third-order valence-corrected chi connectivity index (χ3v) is 4.63. The minimum atomic E-state index is -0.400. The Morgan fingerprint density at radius 1 is 1.35 bits per heavy atom. The van der Waals surface area contributed by atoms with Gasteiger partial charge in [0, 0.05) is 4.90 Å². The summed E-state index contributed by atoms with van der Waals surface area (Å²) in [5.74, 6) is 0.281. The number of nitrogens with zero attached hydrogens (tertiary/aromatic N) is 1. The molecule has 1 aromatic rings. The van der Waals surface area contributed by atoms with E-state index < -0.39 is 5.54 Å². The van der Waals surface area contributed by atoms with Crippen LogP contribution >= 0.6 is 11.8 Å². The van der Waals surface area contributed by atoms with Crippen molar-refractivity contribution in [3.63, 3.8) is 0 Å². The second-order valence-electron chi connectivity index (χ2n) is 5.12. The first-order valence-electron chi connectivity index (χ1n) is 6.72. The molecule has 5 heteroatoms. The minimum absolute atomic E-state index is 0.0142. The van der Waals surface area contributed by atoms with Crippen molar-refractivity contribution in [2.24, 2.45) is 0 Å². The standard InChI is InChI=1S/C15H18N2O2S/c16-9-12-3-5-13(6-4-12)20-10-14(19)17-15(11-18)7-1-2-8-15/h3-6,18H,1-2,7-8,10-11H2,(H,17,19). The van der Waals surface area contributed by atoms with E-state index in [0.717, 1.165) is 30.6 Å². The number of carbonyl (C=O) groups excluding carboxylic acids is 1. The zero-order chi connectivity index (χ0) is 14.4. The molecule has 2 rings (SSSR count). The van der Waals surface area contributed by atoms with Gasteiger partial charge in [0.25, 0.3) is 0 Å². The maximum Gasteiger partial charge on any atom is 0.230 e. The molecule has 0 atom stereocenters. The van der Waals surface area contributed by atoms with E-state index in [1.165, 1.54) is 11.8 Å². The van der Waals surface area contributed by atoms with Crippen LogP contribution < -0.4 is 5.32 Å². The Hall–Kier alpha value is -1.51. The number of nitriles is 1. The Labute approximate surface area is 123 Å². The van der Waals surface area contributed by atoms with Gasteiger partial charge in [-0.1, -0.05) is 12.8 Å². The van der Waals surface area contributed by atoms with E-state index in [4.69, 9.17) is 5.26 Å². The summed E-state index contributed by atoms with van der Waals surface area (Å²) in [5, 5.41) is 21.1. The summed E-state index contributed by atoms with van der Waals surface area (Å²) in [7, 11) is 0. The number of nitrogens with one attached hydrogen (secondary N) is 1. The molecule has 0 radical (unpaired) electrons. The quantitative estimate of drug-likeness (QED) is 0.814. The third-order valence-electron chi connectivity index (χ3n) is 3.62. The molecule has 4 nitrogen and oxygen atoms in total. The van der Waals surface area contributed by atoms with Gasteiger partial charge in [-0.2, -0.15) is 5.26 Å². The lowest BCUT2D eigenvalue weighted by atomic mass is 9.99. The number of hydrogen-bond donors (Lipinski definition) is 2. The first-order chi connectivity index (χ1) is 9.67. The second kappa shape index (κ2) is 6.78. The summed E-state index contributed by atoms with van der Waals surface area (Å²) >= 11 is 1.44. The Balaban J connectivity index is 1.84. The summed E-state index contributed by atoms with van der Waals surface area (Å²) in [5.41, 5.74) is 0.214. The minimum Gasteiger partial charge on any atom is -0.394 e. The van der Waals surface area contributed by atoms with Crippen molar-refractivity contribution in [3.05, 3.63) is 29.8 Å². The number of thioether (sulfide) groups is 1. The van der Waals surface area contributed by atoms with Crippen molar-refractivity contribution in [3.8, 4) is 6.07 Å². The van der Waals surface area contributed by atoms with Crippen molar-refractivity contribution in [1.82, 2.24) is 5.32 Å². The van der Waals surface area contributed by atoms with Crippen molar-refractivity contribution >= 4 is 17.7 Å². The first-order valence-corrected chi connectivity index (χ1v) is 7.71. The van der Waals surface area contributed by atoms with E-state index in [0.29, 0.717) is 11.3 Å². The fraction of sp³-hybridized carbons (Fsp3) is 0.467. The molecular weight excluding hydrogens is 272 g/mol. The lowest BCUT2D eigenvalue weighted by molar-refractivity contribution is -0.121. The summed E-state index contributed by atoms with van der Waals surface area (Å²) in [6.45, 7) is 0.0142. The highest BCUT2D eigenvalue weighted by molar-refractivity contribution is 8.00. The number of aliphatic hydroxyl groups is 1. The predicted octanol–water partition coefficient (Wildman–Crippen LogP) is 2.07. The Morgan fingerprint density at radius 3 is 2.55 bits per heavy atom. The second-order valence-corrected chi connectivity index (χ2v) is 6.17. The van der Waals surface area contributed by atoms with Crippen LogP contribution in [0.4, 0.5) is 0 Å². The summed E-state index contributed by atoms with van der Waals surface area (Å²) < 4.78 is 0. The number of rotatable bonds is 5. The molecule has 0 aliphatic heterocycles. The highest BCUT2D eigenvalue weighted by Gasteiger charge is 2.34. The molecule has 0 spiro atoms. The van der Waals surface area contributed by atoms with Gasteiger partial charge in [0.15, 0.2) is 0 Å². The average molecular weight is 290 g/mol. The van der Waals surface area contributed by atoms with Gasteiger partial charge in [-0.05, 0) is 37.1 Å². The van der Waals surface area contributed by atoms with Gasteiger partial charge in [0.1, 0.15) is 0 Å². The molecule has 1 amide bonds. The fourth-order valence-corrected chi connectivity index (χ4v) is 3.18. The van der Waals surface area contributed by atoms with Gasteiger partial charge in [-0.25, -0.2) is 0 Å². The molecule has 2 N–H and O–H groups in total. The largest absolute Gasteiger partial charge is 0.394 e. The Bertz CT molecular complexity index is 502. The van der Waals surface area contributed by atoms with Crippen LogP contribution in [-0.4, -0.2) is 28.9 Å². The molecular formula is C15H18N2O2S. The monoisotopic (exact) mass is 290 g/mol. The lowest BCUT2D eigenvalue weighted by Crippen LogP contribution is -2.49. The van der Waals surface area contributed by atoms with E-state index in [9.17, 15) is 9.90 Å². The van der Waals surface area contributed by atoms with Crippen LogP contribution in [0.2, 0.25) is 0 Å². The predicted molar refractivity (Wildman–Crippen MR) is 78.3 cm³/mol. The van der Waals surface area contributed by atoms with Crippen molar-refractivity contribution in [1.29, 1.82) is 5.26 Å². The van der Waals surface area contributed by atoms with Gasteiger partial charge in [0.2, 0.25) is 5.91 Å². The highest BCUT2D eigenvalue weighted by Crippen LogP contribution is 2.29. The van der Waals surface area contributed by atoms with E-state index in [-0.39, 0.29) is 12.5 Å². The summed E-state index contributed by atoms with van der Waals surface area (Å²) in [4.78, 5) is 12.9. The molecule has 0 bridgehead atoms. The average Bonchev–Trinajstić information content (AvgIpc) is 2.95. The molecule has 20 heavy (non-hydrogen) atoms. The van der Waals surface area contributed by atoms with Crippen LogP contribution in [-0.2, 0) is 4.79 Å². The van der Waals surface area contributed by atoms with E-state index in [2.05, 4.69) is 11.4 Å². The van der Waals surface area contributed by atoms with Crippen molar-refractivity contribution in [2.75, 3.05) is 12.4 Å². The lowest BCUT2D eigenvalue weighted by Gasteiger charge is -2.27.